The minimum atomic E-state index is 1.20. The van der Waals surface area contributed by atoms with Crippen molar-refractivity contribution in [2.75, 3.05) is 14.1 Å². The van der Waals surface area contributed by atoms with Gasteiger partial charge in [0.05, 0.1) is 0 Å². The van der Waals surface area contributed by atoms with E-state index in [0.29, 0.717) is 0 Å². The van der Waals surface area contributed by atoms with Crippen LogP contribution >= 0.6 is 0 Å². The Balaban J connectivity index is 2.81. The third-order valence-electron chi connectivity index (χ3n) is 1.33. The molecule has 0 fully saturated rings. The van der Waals surface area contributed by atoms with Gasteiger partial charge in [-0.25, -0.2) is 0 Å². The number of rotatable bonds is 1. The maximum atomic E-state index is 2.99. The van der Waals surface area contributed by atoms with E-state index in [4.69, 9.17) is 0 Å². The predicted molar refractivity (Wildman–Crippen MR) is 43.6 cm³/mol. The lowest BCUT2D eigenvalue weighted by atomic mass is 10.3. The van der Waals surface area contributed by atoms with Gasteiger partial charge in [-0.1, -0.05) is 6.08 Å². The molecule has 1 aliphatic carbocycles. The van der Waals surface area contributed by atoms with Crippen LogP contribution in [0.5, 0.6) is 0 Å². The average molecular weight is 133 g/mol. The molecule has 0 N–H and O–H groups in total. The maximum absolute atomic E-state index is 2.99. The topological polar surface area (TPSA) is 3.24 Å². The second kappa shape index (κ2) is 3.09. The van der Waals surface area contributed by atoms with Crippen LogP contribution in [0.3, 0.4) is 0 Å². The van der Waals surface area contributed by atoms with Gasteiger partial charge in [0.15, 0.2) is 0 Å². The van der Waals surface area contributed by atoms with Crippen LogP contribution in [-0.2, 0) is 0 Å². The molecule has 1 rings (SSSR count). The molecule has 0 aromatic rings. The summed E-state index contributed by atoms with van der Waals surface area (Å²) in [4.78, 5) is 2.06. The van der Waals surface area contributed by atoms with E-state index in [-0.39, 0.29) is 0 Å². The largest absolute Gasteiger partial charge is 0.378 e. The first-order valence-electron chi connectivity index (χ1n) is 3.27. The van der Waals surface area contributed by atoms with Crippen molar-refractivity contribution >= 4 is 0 Å². The Morgan fingerprint density at radius 3 is 2.80 bits per heavy atom. The van der Waals surface area contributed by atoms with E-state index in [0.717, 1.165) is 0 Å². The predicted octanol–water partition coefficient (Wildman–Crippen LogP) is 1.71. The first-order chi connectivity index (χ1) is 4.80. The van der Waals surface area contributed by atoms with Gasteiger partial charge in [0.1, 0.15) is 0 Å². The lowest BCUT2D eigenvalue weighted by Gasteiger charge is -2.11. The van der Waals surface area contributed by atoms with Crippen molar-refractivity contribution in [3.8, 4) is 0 Å². The highest BCUT2D eigenvalue weighted by Crippen LogP contribution is 2.02. The van der Waals surface area contributed by atoms with Crippen LogP contribution in [0.15, 0.2) is 41.8 Å². The smallest absolute Gasteiger partial charge is 0.0367 e. The molecule has 0 atom stereocenters. The Hall–Kier alpha value is -1.20. The molecule has 52 valence electrons. The van der Waals surface area contributed by atoms with Gasteiger partial charge >= 0.3 is 0 Å². The molecule has 0 bridgehead atoms. The minimum absolute atomic E-state index is 1.20. The zero-order valence-corrected chi connectivity index (χ0v) is 6.33. The van der Waals surface area contributed by atoms with E-state index >= 15 is 0 Å². The zero-order chi connectivity index (χ0) is 7.40. The molecule has 0 amide bonds. The summed E-state index contributed by atoms with van der Waals surface area (Å²) in [6, 6.07) is 0. The molecule has 1 aliphatic rings. The Morgan fingerprint density at radius 1 is 1.30 bits per heavy atom. The number of likely N-dealkylation sites (N-methyl/N-ethyl adjacent to an activating group) is 1. The van der Waals surface area contributed by atoms with Gasteiger partial charge in [-0.3, -0.25) is 0 Å². The fourth-order valence-electron chi connectivity index (χ4n) is 0.745. The molecule has 0 saturated heterocycles. The second-order valence-electron chi connectivity index (χ2n) is 2.35. The summed E-state index contributed by atoms with van der Waals surface area (Å²) in [5.74, 6) is 0. The molecule has 0 aromatic heterocycles. The molecular weight excluding hydrogens is 122 g/mol. The van der Waals surface area contributed by atoms with Crippen molar-refractivity contribution in [1.82, 2.24) is 4.90 Å². The van der Waals surface area contributed by atoms with Crippen LogP contribution in [0.1, 0.15) is 0 Å². The molecule has 1 nitrogen and oxygen atoms in total. The van der Waals surface area contributed by atoms with E-state index in [9.17, 15) is 0 Å². The van der Waals surface area contributed by atoms with E-state index < -0.39 is 0 Å². The Labute approximate surface area is 61.7 Å². The summed E-state index contributed by atoms with van der Waals surface area (Å²) in [5, 5.41) is 0. The third-order valence-corrected chi connectivity index (χ3v) is 1.33. The van der Waals surface area contributed by atoms with Gasteiger partial charge < -0.3 is 4.90 Å². The number of hydrogen-bond donors (Lipinski definition) is 0. The molecule has 0 unspecified atom stereocenters. The van der Waals surface area contributed by atoms with Crippen LogP contribution in [0.4, 0.5) is 0 Å². The molecule has 0 aliphatic heterocycles. The Bertz CT molecular complexity index is 225. The molecule has 10 heavy (non-hydrogen) atoms. The van der Waals surface area contributed by atoms with E-state index in [1.165, 1.54) is 5.70 Å². The van der Waals surface area contributed by atoms with Crippen LogP contribution in [0, 0.1) is 0 Å². The van der Waals surface area contributed by atoms with Crippen LogP contribution < -0.4 is 0 Å². The Kier molecular flexibility index (Phi) is 2.14. The highest BCUT2D eigenvalue weighted by atomic mass is 15.1. The minimum Gasteiger partial charge on any atom is -0.378 e. The number of hydrogen-bond acceptors (Lipinski definition) is 1. The quantitative estimate of drug-likeness (QED) is 0.492. The first kappa shape index (κ1) is 6.91. The number of allylic oxidation sites excluding steroid dienone is 4. The first-order valence-corrected chi connectivity index (χ1v) is 3.27. The van der Waals surface area contributed by atoms with Crippen molar-refractivity contribution in [3.63, 3.8) is 0 Å². The molecule has 0 radical (unpaired) electrons. The maximum Gasteiger partial charge on any atom is 0.0367 e. The van der Waals surface area contributed by atoms with Gasteiger partial charge in [-0.2, -0.15) is 0 Å². The summed E-state index contributed by atoms with van der Waals surface area (Å²) < 4.78 is 0. The fraction of sp³-hybridized carbons (Fsp3) is 0.222. The van der Waals surface area contributed by atoms with E-state index in [1.807, 2.05) is 38.4 Å². The fourth-order valence-corrected chi connectivity index (χ4v) is 0.745. The highest BCUT2D eigenvalue weighted by Gasteiger charge is 1.91. The molecule has 0 saturated carbocycles. The third kappa shape index (κ3) is 1.64. The lowest BCUT2D eigenvalue weighted by Crippen LogP contribution is -2.08. The summed E-state index contributed by atoms with van der Waals surface area (Å²) in [7, 11) is 4.05. The zero-order valence-electron chi connectivity index (χ0n) is 6.33. The van der Waals surface area contributed by atoms with Crippen molar-refractivity contribution in [1.29, 1.82) is 0 Å². The highest BCUT2D eigenvalue weighted by molar-refractivity contribution is 5.27. The van der Waals surface area contributed by atoms with Crippen LogP contribution in [-0.4, -0.2) is 19.0 Å². The summed E-state index contributed by atoms with van der Waals surface area (Å²) in [6.45, 7) is 0. The van der Waals surface area contributed by atoms with Gasteiger partial charge in [-0.05, 0) is 24.3 Å². The normalized spacial score (nSPS) is 14.8. The molecule has 0 aromatic carbocycles. The van der Waals surface area contributed by atoms with E-state index in [1.54, 1.807) is 0 Å². The second-order valence-corrected chi connectivity index (χ2v) is 2.35. The monoisotopic (exact) mass is 133 g/mol. The standard InChI is InChI=1S/C9H11N/c1-10(2)9-7-5-3-4-6-8-9/h3,5-8H,1-2H3. The summed E-state index contributed by atoms with van der Waals surface area (Å²) >= 11 is 0. The van der Waals surface area contributed by atoms with Crippen molar-refractivity contribution in [3.05, 3.63) is 41.8 Å². The number of nitrogens with zero attached hydrogens (tertiary/aromatic N) is 1. The van der Waals surface area contributed by atoms with Crippen LogP contribution in [0.25, 0.3) is 0 Å². The van der Waals surface area contributed by atoms with Crippen molar-refractivity contribution < 1.29 is 0 Å². The summed E-state index contributed by atoms with van der Waals surface area (Å²) in [6.07, 6.45) is 9.87. The molecular formula is C9H11N. The molecule has 0 spiro atoms. The van der Waals surface area contributed by atoms with Gasteiger partial charge in [0.2, 0.25) is 0 Å². The van der Waals surface area contributed by atoms with Gasteiger partial charge in [0, 0.05) is 19.8 Å². The van der Waals surface area contributed by atoms with E-state index in [2.05, 4.69) is 16.7 Å². The summed E-state index contributed by atoms with van der Waals surface area (Å²) in [5.41, 5.74) is 4.19. The average Bonchev–Trinajstić information content (AvgIpc) is 2.12. The molecule has 1 heteroatoms. The van der Waals surface area contributed by atoms with Crippen LogP contribution in [0.2, 0.25) is 0 Å². The molecule has 0 heterocycles. The lowest BCUT2D eigenvalue weighted by molar-refractivity contribution is 0.530. The van der Waals surface area contributed by atoms with Crippen molar-refractivity contribution in [2.45, 2.75) is 0 Å². The SMILES string of the molecule is CN(C)C1=CC=C=CC=C1. The van der Waals surface area contributed by atoms with Gasteiger partial charge in [0.25, 0.3) is 0 Å². The van der Waals surface area contributed by atoms with Crippen molar-refractivity contribution in [2.24, 2.45) is 0 Å². The van der Waals surface area contributed by atoms with Gasteiger partial charge in [-0.15, -0.1) is 5.73 Å². The Morgan fingerprint density at radius 2 is 2.10 bits per heavy atom.